The Morgan fingerprint density at radius 1 is 1.14 bits per heavy atom. The number of unbranched alkanes of at least 4 members (excludes halogenated alkanes) is 3. The maximum Gasteiger partial charge on any atom is 0.245 e. The van der Waals surface area contributed by atoms with Crippen molar-refractivity contribution in [3.8, 4) is 5.75 Å². The molecule has 3 aliphatic heterocycles. The Balaban J connectivity index is 1.55. The summed E-state index contributed by atoms with van der Waals surface area (Å²) in [6.45, 7) is 5.58. The Morgan fingerprint density at radius 3 is 2.61 bits per heavy atom. The number of nitrogens with zero attached hydrogens (tertiary/aromatic N) is 1. The molecule has 3 heterocycles. The number of hydrogen-bond acceptors (Lipinski definition) is 6. The molecule has 4 rings (SSSR count). The molecule has 9 nitrogen and oxygen atoms in total. The molecule has 3 aliphatic rings. The first-order valence-corrected chi connectivity index (χ1v) is 13.4. The van der Waals surface area contributed by atoms with E-state index >= 15 is 0 Å². The monoisotopic (exact) mass is 501 g/mol. The quantitative estimate of drug-likeness (QED) is 0.358. The molecule has 0 radical (unpaired) electrons. The van der Waals surface area contributed by atoms with Crippen LogP contribution in [0, 0.1) is 11.8 Å². The molecule has 3 fully saturated rings. The molecule has 3 saturated heterocycles. The van der Waals surface area contributed by atoms with Crippen molar-refractivity contribution < 1.29 is 29.0 Å². The molecule has 2 bridgehead atoms. The number of aliphatic hydroxyl groups excluding tert-OH is 1. The van der Waals surface area contributed by atoms with Gasteiger partial charge in [-0.2, -0.15) is 0 Å². The average Bonchev–Trinajstić information content (AvgIpc) is 3.51. The molecule has 2 unspecified atom stereocenters. The second-order valence-corrected chi connectivity index (χ2v) is 9.96. The molecule has 5 atom stereocenters. The number of hydrogen-bond donors (Lipinski definition) is 3. The standard InChI is InChI=1S/C27H39N3O6/c1-3-5-15-28-25(33)23-27-14-13-20(36-27)21(22(27)26(34)30(23)16-7-6-8-17-31)24(32)29-18-9-11-19(12-10-18)35-4-2/h9-12,20-23,31H,3-8,13-17H2,1-2H3,(H,28,33)(H,29,32)/t20-,21+,22+,23?,27?/m1/s1. The van der Waals surface area contributed by atoms with Crippen LogP contribution < -0.4 is 15.4 Å². The van der Waals surface area contributed by atoms with Crippen LogP contribution in [0.5, 0.6) is 5.75 Å². The maximum absolute atomic E-state index is 13.8. The lowest BCUT2D eigenvalue weighted by molar-refractivity contribution is -0.141. The SMILES string of the molecule is CCCCNC(=O)C1N(CCCCCO)C(=O)[C@@H]2[C@@H](C(=O)Nc3ccc(OCC)cc3)[C@H]3CCC12O3. The molecule has 0 aromatic heterocycles. The zero-order chi connectivity index (χ0) is 25.7. The highest BCUT2D eigenvalue weighted by atomic mass is 16.5. The van der Waals surface area contributed by atoms with Crippen molar-refractivity contribution in [1.82, 2.24) is 10.2 Å². The third-order valence-corrected chi connectivity index (χ3v) is 7.67. The van der Waals surface area contributed by atoms with E-state index in [1.54, 1.807) is 29.2 Å². The largest absolute Gasteiger partial charge is 0.494 e. The molecule has 3 N–H and O–H groups in total. The number of ether oxygens (including phenoxy) is 2. The summed E-state index contributed by atoms with van der Waals surface area (Å²) in [5.74, 6) is -1.24. The summed E-state index contributed by atoms with van der Waals surface area (Å²) in [6, 6.07) is 6.41. The first-order valence-electron chi connectivity index (χ1n) is 13.4. The van der Waals surface area contributed by atoms with Crippen LogP contribution in [-0.4, -0.2) is 71.8 Å². The van der Waals surface area contributed by atoms with Gasteiger partial charge in [-0.15, -0.1) is 0 Å². The summed E-state index contributed by atoms with van der Waals surface area (Å²) < 4.78 is 11.9. The van der Waals surface area contributed by atoms with Crippen molar-refractivity contribution in [2.75, 3.05) is 31.6 Å². The molecule has 0 saturated carbocycles. The topological polar surface area (TPSA) is 117 Å². The number of likely N-dealkylation sites (tertiary alicyclic amines) is 1. The molecular weight excluding hydrogens is 462 g/mol. The summed E-state index contributed by atoms with van der Waals surface area (Å²) in [5, 5.41) is 15.1. The van der Waals surface area contributed by atoms with Gasteiger partial charge in [0.1, 0.15) is 17.4 Å². The first kappa shape index (κ1) is 26.4. The van der Waals surface area contributed by atoms with Crippen LogP contribution in [0.3, 0.4) is 0 Å². The molecule has 9 heteroatoms. The van der Waals surface area contributed by atoms with E-state index in [0.717, 1.165) is 25.0 Å². The summed E-state index contributed by atoms with van der Waals surface area (Å²) >= 11 is 0. The fourth-order valence-electron chi connectivity index (χ4n) is 6.08. The van der Waals surface area contributed by atoms with Gasteiger partial charge in [-0.05, 0) is 69.7 Å². The van der Waals surface area contributed by atoms with E-state index in [-0.39, 0.29) is 30.4 Å². The Labute approximate surface area is 212 Å². The predicted molar refractivity (Wildman–Crippen MR) is 134 cm³/mol. The van der Waals surface area contributed by atoms with Crippen LogP contribution in [-0.2, 0) is 19.1 Å². The number of benzene rings is 1. The predicted octanol–water partition coefficient (Wildman–Crippen LogP) is 2.48. The molecule has 3 amide bonds. The van der Waals surface area contributed by atoms with Crippen molar-refractivity contribution in [2.24, 2.45) is 11.8 Å². The Morgan fingerprint density at radius 2 is 1.92 bits per heavy atom. The average molecular weight is 502 g/mol. The Kier molecular flexibility index (Phi) is 8.51. The number of carbonyl (C=O) groups excluding carboxylic acids is 3. The van der Waals surface area contributed by atoms with Crippen molar-refractivity contribution in [3.05, 3.63) is 24.3 Å². The zero-order valence-electron chi connectivity index (χ0n) is 21.3. The number of rotatable bonds is 13. The van der Waals surface area contributed by atoms with Gasteiger partial charge >= 0.3 is 0 Å². The van der Waals surface area contributed by atoms with Crippen molar-refractivity contribution in [2.45, 2.75) is 76.5 Å². The van der Waals surface area contributed by atoms with Gasteiger partial charge in [-0.3, -0.25) is 14.4 Å². The number of amides is 3. The van der Waals surface area contributed by atoms with Crippen LogP contribution in [0.25, 0.3) is 0 Å². The van der Waals surface area contributed by atoms with Gasteiger partial charge in [-0.25, -0.2) is 0 Å². The van der Waals surface area contributed by atoms with E-state index in [0.29, 0.717) is 51.1 Å². The van der Waals surface area contributed by atoms with Crippen LogP contribution in [0.15, 0.2) is 24.3 Å². The second kappa shape index (κ2) is 11.6. The second-order valence-electron chi connectivity index (χ2n) is 9.96. The normalized spacial score (nSPS) is 28.3. The molecular formula is C27H39N3O6. The lowest BCUT2D eigenvalue weighted by atomic mass is 9.70. The summed E-state index contributed by atoms with van der Waals surface area (Å²) in [7, 11) is 0. The van der Waals surface area contributed by atoms with Gasteiger partial charge < -0.3 is 30.1 Å². The Hall–Kier alpha value is -2.65. The van der Waals surface area contributed by atoms with Crippen LogP contribution in [0.4, 0.5) is 5.69 Å². The Bertz CT molecular complexity index is 938. The lowest BCUT2D eigenvalue weighted by Crippen LogP contribution is -2.55. The van der Waals surface area contributed by atoms with E-state index in [2.05, 4.69) is 17.6 Å². The third-order valence-electron chi connectivity index (χ3n) is 7.67. The highest BCUT2D eigenvalue weighted by molar-refractivity contribution is 6.02. The highest BCUT2D eigenvalue weighted by Gasteiger charge is 2.74. The number of nitrogens with one attached hydrogen (secondary N) is 2. The van der Waals surface area contributed by atoms with E-state index in [1.807, 2.05) is 6.92 Å². The van der Waals surface area contributed by atoms with E-state index in [4.69, 9.17) is 14.6 Å². The minimum absolute atomic E-state index is 0.0972. The maximum atomic E-state index is 13.8. The first-order chi connectivity index (χ1) is 17.5. The van der Waals surface area contributed by atoms with Crippen LogP contribution in [0.2, 0.25) is 0 Å². The third kappa shape index (κ3) is 4.95. The minimum atomic E-state index is -0.976. The zero-order valence-corrected chi connectivity index (χ0v) is 21.3. The van der Waals surface area contributed by atoms with Gasteiger partial charge in [0, 0.05) is 25.4 Å². The van der Waals surface area contributed by atoms with Gasteiger partial charge in [0.2, 0.25) is 17.7 Å². The fourth-order valence-corrected chi connectivity index (χ4v) is 6.08. The molecule has 1 spiro atoms. The van der Waals surface area contributed by atoms with E-state index in [1.165, 1.54) is 0 Å². The van der Waals surface area contributed by atoms with Gasteiger partial charge in [0.05, 0.1) is 24.5 Å². The summed E-state index contributed by atoms with van der Waals surface area (Å²) in [6.07, 6.45) is 4.74. The minimum Gasteiger partial charge on any atom is -0.494 e. The molecule has 1 aromatic rings. The van der Waals surface area contributed by atoms with Crippen LogP contribution >= 0.6 is 0 Å². The van der Waals surface area contributed by atoms with Crippen molar-refractivity contribution in [1.29, 1.82) is 0 Å². The van der Waals surface area contributed by atoms with Gasteiger partial charge in [0.25, 0.3) is 0 Å². The molecule has 198 valence electrons. The van der Waals surface area contributed by atoms with Crippen LogP contribution in [0.1, 0.15) is 58.8 Å². The van der Waals surface area contributed by atoms with Crippen molar-refractivity contribution >= 4 is 23.4 Å². The lowest BCUT2D eigenvalue weighted by Gasteiger charge is -2.33. The van der Waals surface area contributed by atoms with E-state index < -0.39 is 23.5 Å². The van der Waals surface area contributed by atoms with Gasteiger partial charge in [0.15, 0.2) is 0 Å². The molecule has 1 aromatic carbocycles. The number of aliphatic hydroxyl groups is 1. The summed E-state index contributed by atoms with van der Waals surface area (Å²) in [5.41, 5.74) is -0.351. The number of anilines is 1. The summed E-state index contributed by atoms with van der Waals surface area (Å²) in [4.78, 5) is 42.3. The van der Waals surface area contributed by atoms with Crippen molar-refractivity contribution in [3.63, 3.8) is 0 Å². The smallest absolute Gasteiger partial charge is 0.245 e. The fraction of sp³-hybridized carbons (Fsp3) is 0.667. The molecule has 36 heavy (non-hydrogen) atoms. The number of carbonyl (C=O) groups is 3. The number of fused-ring (bicyclic) bond motifs is 1. The van der Waals surface area contributed by atoms with Gasteiger partial charge in [-0.1, -0.05) is 13.3 Å². The highest BCUT2D eigenvalue weighted by Crippen LogP contribution is 2.58. The molecule has 0 aliphatic carbocycles. The van der Waals surface area contributed by atoms with E-state index in [9.17, 15) is 14.4 Å².